The average molecular weight is 769 g/mol. The van der Waals surface area contributed by atoms with E-state index in [9.17, 15) is 96.1 Å². The lowest BCUT2D eigenvalue weighted by Gasteiger charge is -2.49. The zero-order valence-corrected chi connectivity index (χ0v) is 26.8. The number of rotatable bonds is 16. The van der Waals surface area contributed by atoms with E-state index in [1.54, 1.807) is 0 Å². The van der Waals surface area contributed by atoms with E-state index in [0.29, 0.717) is 0 Å². The maximum atomic E-state index is 12.6. The first-order chi connectivity index (χ1) is 24.0. The summed E-state index contributed by atoms with van der Waals surface area (Å²) in [6.07, 6.45) is -37.7. The number of carboxylic acid groups (broad SMARTS) is 3. The molecule has 0 radical (unpaired) electrons. The number of carboxylic acids is 3. The van der Waals surface area contributed by atoms with Crippen LogP contribution in [-0.4, -0.2) is 233 Å². The Kier molecular flexibility index (Phi) is 14.4. The molecule has 3 aliphatic rings. The zero-order valence-electron chi connectivity index (χ0n) is 26.8. The molecular weight excluding hydrogens is 724 g/mol. The molecule has 0 aromatic carbocycles. The highest BCUT2D eigenvalue weighted by Crippen LogP contribution is 2.39. The van der Waals surface area contributed by atoms with E-state index in [1.165, 1.54) is 0 Å². The standard InChI is InChI=1S/C27H44O25/c28-4-10(34)16(38)19-14(36)8(32)2-26(51-19,23(43)44)49-12(6-30)18(40)21-15(37)9(33)3-27(52-21,24(45)46)48-11(5-29)17(39)20-13(35)7(31)1-25(47,50-20)22(41)42/h7-21,28-40,47H,1-6H2,(H,41,42)(H,43,44)(H,45,46)/t7-,8-,9-,10+,11+,12+,13+,14+,15+,16+,17+,18+,19+,20+,21+,25+,26+,27+/m0/s1. The van der Waals surface area contributed by atoms with E-state index in [4.69, 9.17) is 28.8 Å². The first-order valence-electron chi connectivity index (χ1n) is 15.5. The molecule has 0 bridgehead atoms. The van der Waals surface area contributed by atoms with Crippen LogP contribution in [0.5, 0.6) is 0 Å². The maximum absolute atomic E-state index is 12.6. The molecule has 3 rings (SSSR count). The summed E-state index contributed by atoms with van der Waals surface area (Å²) in [5.41, 5.74) is 0. The van der Waals surface area contributed by atoms with E-state index in [1.807, 2.05) is 0 Å². The van der Waals surface area contributed by atoms with Gasteiger partial charge >= 0.3 is 17.9 Å². The summed E-state index contributed by atoms with van der Waals surface area (Å²) < 4.78 is 25.9. The van der Waals surface area contributed by atoms with Crippen molar-refractivity contribution in [3.63, 3.8) is 0 Å². The predicted octanol–water partition coefficient (Wildman–Crippen LogP) is -9.96. The molecule has 52 heavy (non-hydrogen) atoms. The van der Waals surface area contributed by atoms with Gasteiger partial charge in [0.05, 0.1) is 38.1 Å². The van der Waals surface area contributed by atoms with Gasteiger partial charge in [-0.05, 0) is 0 Å². The Morgan fingerprint density at radius 1 is 0.558 bits per heavy atom. The number of aliphatic carboxylic acids is 3. The molecule has 25 nitrogen and oxygen atoms in total. The van der Waals surface area contributed by atoms with Crippen LogP contribution in [-0.2, 0) is 38.1 Å². The molecule has 0 aromatic heterocycles. The van der Waals surface area contributed by atoms with E-state index in [0.717, 1.165) is 0 Å². The number of carbonyl (C=O) groups is 3. The molecule has 302 valence electrons. The third-order valence-corrected chi connectivity index (χ3v) is 9.00. The van der Waals surface area contributed by atoms with Crippen LogP contribution >= 0.6 is 0 Å². The molecule has 3 saturated heterocycles. The fraction of sp³-hybridized carbons (Fsp3) is 0.889. The third-order valence-electron chi connectivity index (χ3n) is 9.00. The number of hydrogen-bond acceptors (Lipinski definition) is 22. The van der Waals surface area contributed by atoms with Crippen LogP contribution in [0.3, 0.4) is 0 Å². The lowest BCUT2D eigenvalue weighted by Crippen LogP contribution is -2.68. The summed E-state index contributed by atoms with van der Waals surface area (Å²) in [4.78, 5) is 36.5. The van der Waals surface area contributed by atoms with Gasteiger partial charge in [-0.3, -0.25) is 0 Å². The van der Waals surface area contributed by atoms with Crippen molar-refractivity contribution in [3.8, 4) is 0 Å². The van der Waals surface area contributed by atoms with Crippen molar-refractivity contribution in [2.24, 2.45) is 0 Å². The van der Waals surface area contributed by atoms with Gasteiger partial charge in [0.1, 0.15) is 73.2 Å². The second kappa shape index (κ2) is 17.0. The lowest BCUT2D eigenvalue weighted by molar-refractivity contribution is -0.369. The van der Waals surface area contributed by atoms with Gasteiger partial charge in [0.2, 0.25) is 0 Å². The van der Waals surface area contributed by atoms with Gasteiger partial charge in [-0.15, -0.1) is 0 Å². The zero-order chi connectivity index (χ0) is 39.7. The fourth-order valence-corrected chi connectivity index (χ4v) is 6.02. The summed E-state index contributed by atoms with van der Waals surface area (Å²) in [7, 11) is 0. The molecule has 0 amide bonds. The predicted molar refractivity (Wildman–Crippen MR) is 153 cm³/mol. The van der Waals surface area contributed by atoms with Gasteiger partial charge in [-0.2, -0.15) is 0 Å². The van der Waals surface area contributed by atoms with E-state index >= 15 is 0 Å². The highest BCUT2D eigenvalue weighted by Gasteiger charge is 2.61. The van der Waals surface area contributed by atoms with Crippen molar-refractivity contribution in [1.82, 2.24) is 0 Å². The minimum absolute atomic E-state index is 1.10. The Hall–Kier alpha value is -2.35. The van der Waals surface area contributed by atoms with Crippen molar-refractivity contribution < 1.29 is 125 Å². The van der Waals surface area contributed by atoms with Crippen molar-refractivity contribution in [2.45, 2.75) is 128 Å². The number of hydrogen-bond donors (Lipinski definition) is 17. The molecule has 3 aliphatic heterocycles. The Morgan fingerprint density at radius 2 is 0.904 bits per heavy atom. The molecular formula is C27H44O25. The van der Waals surface area contributed by atoms with Gasteiger partial charge in [0, 0.05) is 19.3 Å². The first-order valence-corrected chi connectivity index (χ1v) is 15.5. The largest absolute Gasteiger partial charge is 0.477 e. The topological polar surface area (TPSA) is 441 Å². The molecule has 18 atom stereocenters. The van der Waals surface area contributed by atoms with Crippen molar-refractivity contribution in [1.29, 1.82) is 0 Å². The quantitative estimate of drug-likeness (QED) is 0.0693. The Bertz CT molecular complexity index is 1240. The first kappa shape index (κ1) is 44.0. The average Bonchev–Trinajstić information content (AvgIpc) is 3.09. The molecule has 0 spiro atoms. The van der Waals surface area contributed by atoms with Gasteiger partial charge in [-0.25, -0.2) is 14.4 Å². The van der Waals surface area contributed by atoms with Crippen LogP contribution < -0.4 is 0 Å². The summed E-state index contributed by atoms with van der Waals surface area (Å²) >= 11 is 0. The van der Waals surface area contributed by atoms with Gasteiger partial charge in [0.25, 0.3) is 17.4 Å². The SMILES string of the molecule is O=C(O)[C@@]1(O[C@H](CO)[C@@H](O)[C@@H]2O[C@@](O)(C(=O)O)C[C@H](O)[C@H]2O)C[C@H](O)[C@@H](O)[C@H]([C@H](O)[C@@H](CO)O[C@]2(C(=O)O)C[C@H](O)[C@@H](O)[C@H]([C@H](O)[C@H](O)CO)O2)O1. The summed E-state index contributed by atoms with van der Waals surface area (Å²) in [5.74, 6) is -16.1. The van der Waals surface area contributed by atoms with Crippen molar-refractivity contribution in [2.75, 3.05) is 19.8 Å². The van der Waals surface area contributed by atoms with Crippen molar-refractivity contribution in [3.05, 3.63) is 0 Å². The van der Waals surface area contributed by atoms with E-state index in [-0.39, 0.29) is 0 Å². The normalized spacial score (nSPS) is 42.0. The van der Waals surface area contributed by atoms with Crippen LogP contribution in [0.25, 0.3) is 0 Å². The highest BCUT2D eigenvalue weighted by atomic mass is 16.8. The third kappa shape index (κ3) is 8.62. The molecule has 3 fully saturated rings. The Balaban J connectivity index is 1.94. The van der Waals surface area contributed by atoms with Crippen LogP contribution in [0, 0.1) is 0 Å². The van der Waals surface area contributed by atoms with Crippen LogP contribution in [0.15, 0.2) is 0 Å². The second-order valence-corrected chi connectivity index (χ2v) is 12.6. The number of aliphatic hydroxyl groups is 14. The highest BCUT2D eigenvalue weighted by molar-refractivity contribution is 5.77. The lowest BCUT2D eigenvalue weighted by atomic mass is 9.89. The van der Waals surface area contributed by atoms with E-state index < -0.39 is 166 Å². The van der Waals surface area contributed by atoms with Gasteiger partial charge in [0.15, 0.2) is 0 Å². The Morgan fingerprint density at radius 3 is 1.23 bits per heavy atom. The summed E-state index contributed by atoms with van der Waals surface area (Å²) in [6.45, 7) is -3.98. The van der Waals surface area contributed by atoms with Crippen LogP contribution in [0.4, 0.5) is 0 Å². The number of ether oxygens (including phenoxy) is 5. The molecule has 0 unspecified atom stereocenters. The molecule has 3 heterocycles. The van der Waals surface area contributed by atoms with Crippen LogP contribution in [0.1, 0.15) is 19.3 Å². The molecule has 0 aromatic rings. The minimum Gasteiger partial charge on any atom is -0.477 e. The monoisotopic (exact) mass is 768 g/mol. The fourth-order valence-electron chi connectivity index (χ4n) is 6.02. The molecule has 0 saturated carbocycles. The summed E-state index contributed by atoms with van der Waals surface area (Å²) in [5, 5.41) is 174. The number of aliphatic hydroxyl groups excluding tert-OH is 13. The molecule has 17 N–H and O–H groups in total. The van der Waals surface area contributed by atoms with Gasteiger partial charge in [-0.1, -0.05) is 0 Å². The second-order valence-electron chi connectivity index (χ2n) is 12.6. The van der Waals surface area contributed by atoms with Crippen molar-refractivity contribution >= 4 is 17.9 Å². The smallest absolute Gasteiger partial charge is 0.364 e. The minimum atomic E-state index is -3.32. The summed E-state index contributed by atoms with van der Waals surface area (Å²) in [6, 6.07) is 0. The maximum Gasteiger partial charge on any atom is 0.364 e. The van der Waals surface area contributed by atoms with Gasteiger partial charge < -0.3 is 110 Å². The van der Waals surface area contributed by atoms with E-state index in [2.05, 4.69) is 0 Å². The Labute approximate surface area is 291 Å². The molecule has 25 heteroatoms. The molecule has 0 aliphatic carbocycles. The van der Waals surface area contributed by atoms with Crippen LogP contribution in [0.2, 0.25) is 0 Å².